The summed E-state index contributed by atoms with van der Waals surface area (Å²) >= 11 is 0. The van der Waals surface area contributed by atoms with Gasteiger partial charge in [0.25, 0.3) is 0 Å². The number of nitrogens with zero attached hydrogens (tertiary/aromatic N) is 2. The monoisotopic (exact) mass is 208 g/mol. The van der Waals surface area contributed by atoms with Crippen molar-refractivity contribution in [3.63, 3.8) is 0 Å². The van der Waals surface area contributed by atoms with E-state index in [0.29, 0.717) is 5.56 Å². The molecule has 6 heteroatoms. The van der Waals surface area contributed by atoms with Crippen molar-refractivity contribution >= 4 is 0 Å². The van der Waals surface area contributed by atoms with E-state index in [1.54, 1.807) is 0 Å². The molecule has 3 nitrogen and oxygen atoms in total. The van der Waals surface area contributed by atoms with E-state index in [9.17, 15) is 13.2 Å². The Morgan fingerprint density at radius 1 is 1.43 bits per heavy atom. The van der Waals surface area contributed by atoms with E-state index in [1.807, 2.05) is 0 Å². The lowest BCUT2D eigenvalue weighted by molar-refractivity contribution is -0.136. The molecular weight excluding hydrogens is 197 g/mol. The molecule has 0 spiro atoms. The largest absolute Gasteiger partial charge is 0.392 e. The Balaban J connectivity index is 2.31. The normalized spacial score (nSPS) is 12.0. The van der Waals surface area contributed by atoms with Crippen LogP contribution in [0.5, 0.6) is 0 Å². The second kappa shape index (κ2) is 4.45. The topological polar surface area (TPSA) is 38.1 Å². The van der Waals surface area contributed by atoms with E-state index in [-0.39, 0.29) is 19.6 Å². The summed E-state index contributed by atoms with van der Waals surface area (Å²) in [7, 11) is 0. The van der Waals surface area contributed by atoms with Gasteiger partial charge in [-0.1, -0.05) is 0 Å². The molecule has 0 saturated carbocycles. The minimum absolute atomic E-state index is 0.00997. The number of aliphatic hydroxyl groups is 1. The highest BCUT2D eigenvalue weighted by atomic mass is 19.4. The van der Waals surface area contributed by atoms with Crippen LogP contribution in [0.2, 0.25) is 0 Å². The predicted molar refractivity (Wildman–Crippen MR) is 43.4 cm³/mol. The third kappa shape index (κ3) is 3.78. The predicted octanol–water partition coefficient (Wildman–Crippen LogP) is 1.72. The molecule has 0 aliphatic heterocycles. The van der Waals surface area contributed by atoms with Gasteiger partial charge in [0, 0.05) is 24.7 Å². The van der Waals surface area contributed by atoms with E-state index in [4.69, 9.17) is 5.11 Å². The lowest BCUT2D eigenvalue weighted by Crippen LogP contribution is -2.09. The summed E-state index contributed by atoms with van der Waals surface area (Å²) in [6, 6.07) is 0. The van der Waals surface area contributed by atoms with Crippen molar-refractivity contribution in [3.8, 4) is 0 Å². The minimum atomic E-state index is -4.10. The van der Waals surface area contributed by atoms with Crippen LogP contribution in [-0.2, 0) is 13.2 Å². The summed E-state index contributed by atoms with van der Waals surface area (Å²) in [6.07, 6.45) is -1.92. The maximum Gasteiger partial charge on any atom is 0.389 e. The van der Waals surface area contributed by atoms with Crippen LogP contribution in [0.25, 0.3) is 0 Å². The highest BCUT2D eigenvalue weighted by Crippen LogP contribution is 2.21. The molecule has 0 unspecified atom stereocenters. The number of aryl methyl sites for hydroxylation is 1. The minimum Gasteiger partial charge on any atom is -0.392 e. The van der Waals surface area contributed by atoms with Crippen molar-refractivity contribution in [1.29, 1.82) is 0 Å². The summed E-state index contributed by atoms with van der Waals surface area (Å²) < 4.78 is 36.7. The van der Waals surface area contributed by atoms with E-state index in [1.165, 1.54) is 17.1 Å². The molecule has 14 heavy (non-hydrogen) atoms. The molecule has 0 aliphatic carbocycles. The van der Waals surface area contributed by atoms with E-state index in [2.05, 4.69) is 5.10 Å². The summed E-state index contributed by atoms with van der Waals surface area (Å²) in [6.45, 7) is 0.0821. The molecule has 0 fully saturated rings. The number of hydrogen-bond donors (Lipinski definition) is 1. The lowest BCUT2D eigenvalue weighted by Gasteiger charge is -2.05. The number of alkyl halides is 3. The van der Waals surface area contributed by atoms with Crippen LogP contribution in [-0.4, -0.2) is 21.1 Å². The van der Waals surface area contributed by atoms with Gasteiger partial charge in [-0.3, -0.25) is 4.68 Å². The maximum atomic E-state index is 11.8. The van der Waals surface area contributed by atoms with Gasteiger partial charge in [0.1, 0.15) is 0 Å². The zero-order chi connectivity index (χ0) is 10.6. The Morgan fingerprint density at radius 3 is 2.64 bits per heavy atom. The van der Waals surface area contributed by atoms with Crippen LogP contribution >= 0.6 is 0 Å². The average molecular weight is 208 g/mol. The maximum absolute atomic E-state index is 11.8. The number of aromatic nitrogens is 2. The molecule has 80 valence electrons. The second-order valence-corrected chi connectivity index (χ2v) is 2.99. The standard InChI is InChI=1S/C8H11F3N2O/c9-8(10,11)2-1-3-13-5-7(6-14)4-12-13/h4-5,14H,1-3,6H2. The van der Waals surface area contributed by atoms with Gasteiger partial charge in [0.05, 0.1) is 12.8 Å². The van der Waals surface area contributed by atoms with E-state index >= 15 is 0 Å². The number of halogens is 3. The van der Waals surface area contributed by atoms with Gasteiger partial charge in [-0.15, -0.1) is 0 Å². The summed E-state index contributed by atoms with van der Waals surface area (Å²) in [4.78, 5) is 0. The third-order valence-corrected chi connectivity index (χ3v) is 1.72. The first-order chi connectivity index (χ1) is 6.51. The highest BCUT2D eigenvalue weighted by Gasteiger charge is 2.25. The lowest BCUT2D eigenvalue weighted by atomic mass is 10.3. The van der Waals surface area contributed by atoms with Gasteiger partial charge in [-0.25, -0.2) is 0 Å². The molecule has 0 radical (unpaired) electrons. The van der Waals surface area contributed by atoms with Gasteiger partial charge >= 0.3 is 6.18 Å². The molecule has 0 aromatic carbocycles. The highest BCUT2D eigenvalue weighted by molar-refractivity contribution is 5.01. The zero-order valence-corrected chi connectivity index (χ0v) is 7.46. The molecule has 0 amide bonds. The smallest absolute Gasteiger partial charge is 0.389 e. The zero-order valence-electron chi connectivity index (χ0n) is 7.46. The fourth-order valence-electron chi connectivity index (χ4n) is 1.05. The summed E-state index contributed by atoms with van der Waals surface area (Å²) in [5.74, 6) is 0. The van der Waals surface area contributed by atoms with Crippen molar-refractivity contribution in [1.82, 2.24) is 9.78 Å². The number of rotatable bonds is 4. The van der Waals surface area contributed by atoms with Crippen LogP contribution < -0.4 is 0 Å². The molecule has 1 rings (SSSR count). The molecule has 1 heterocycles. The molecule has 0 atom stereocenters. The molecular formula is C8H11F3N2O. The second-order valence-electron chi connectivity index (χ2n) is 2.99. The quantitative estimate of drug-likeness (QED) is 0.818. The van der Waals surface area contributed by atoms with E-state index < -0.39 is 12.6 Å². The number of hydrogen-bond acceptors (Lipinski definition) is 2. The van der Waals surface area contributed by atoms with Gasteiger partial charge in [-0.05, 0) is 6.42 Å². The van der Waals surface area contributed by atoms with E-state index in [0.717, 1.165) is 0 Å². The van der Waals surface area contributed by atoms with Crippen molar-refractivity contribution in [2.45, 2.75) is 32.2 Å². The summed E-state index contributed by atoms with van der Waals surface area (Å²) in [5, 5.41) is 12.5. The SMILES string of the molecule is OCc1cnn(CCCC(F)(F)F)c1. The Morgan fingerprint density at radius 2 is 2.14 bits per heavy atom. The first-order valence-electron chi connectivity index (χ1n) is 4.20. The molecule has 1 N–H and O–H groups in total. The van der Waals surface area contributed by atoms with Gasteiger partial charge in [0.2, 0.25) is 0 Å². The van der Waals surface area contributed by atoms with Crippen molar-refractivity contribution in [2.24, 2.45) is 0 Å². The molecule has 1 aromatic heterocycles. The average Bonchev–Trinajstić information content (AvgIpc) is 2.50. The van der Waals surface area contributed by atoms with Crippen LogP contribution in [0.3, 0.4) is 0 Å². The molecule has 0 bridgehead atoms. The Hall–Kier alpha value is -1.04. The van der Waals surface area contributed by atoms with Gasteiger partial charge in [-0.2, -0.15) is 18.3 Å². The third-order valence-electron chi connectivity index (χ3n) is 1.72. The van der Waals surface area contributed by atoms with Gasteiger partial charge in [0.15, 0.2) is 0 Å². The van der Waals surface area contributed by atoms with Crippen molar-refractivity contribution < 1.29 is 18.3 Å². The molecule has 0 aliphatic rings. The first kappa shape index (κ1) is 11.0. The summed E-state index contributed by atoms with van der Waals surface area (Å²) in [5.41, 5.74) is 0.608. The van der Waals surface area contributed by atoms with Crippen LogP contribution in [0.1, 0.15) is 18.4 Å². The van der Waals surface area contributed by atoms with Crippen molar-refractivity contribution in [2.75, 3.05) is 0 Å². The Kier molecular flexibility index (Phi) is 3.51. The van der Waals surface area contributed by atoms with Gasteiger partial charge < -0.3 is 5.11 Å². The number of aliphatic hydroxyl groups excluding tert-OH is 1. The van der Waals surface area contributed by atoms with Crippen molar-refractivity contribution in [3.05, 3.63) is 18.0 Å². The van der Waals surface area contributed by atoms with Crippen LogP contribution in [0.15, 0.2) is 12.4 Å². The molecule has 0 saturated heterocycles. The fourth-order valence-corrected chi connectivity index (χ4v) is 1.05. The Labute approximate surface area is 79.2 Å². The first-order valence-corrected chi connectivity index (χ1v) is 4.20. The fraction of sp³-hybridized carbons (Fsp3) is 0.625. The Bertz CT molecular complexity index is 282. The molecule has 1 aromatic rings. The van der Waals surface area contributed by atoms with Crippen LogP contribution in [0, 0.1) is 0 Å². The van der Waals surface area contributed by atoms with Crippen LogP contribution in [0.4, 0.5) is 13.2 Å².